The summed E-state index contributed by atoms with van der Waals surface area (Å²) < 4.78 is 0. The summed E-state index contributed by atoms with van der Waals surface area (Å²) in [5, 5.41) is 7.41. The average molecular weight is 234 g/mol. The minimum atomic E-state index is 0.732. The van der Waals surface area contributed by atoms with Gasteiger partial charge in [0, 0.05) is 11.6 Å². The molecular weight excluding hydrogens is 208 g/mol. The normalized spacial score (nSPS) is 21.0. The largest absolute Gasteiger partial charge is 0.282 e. The summed E-state index contributed by atoms with van der Waals surface area (Å²) in [6.45, 7) is 2.18. The second-order valence-electron chi connectivity index (χ2n) is 5.57. The van der Waals surface area contributed by atoms with E-state index in [0.717, 1.165) is 5.92 Å². The van der Waals surface area contributed by atoms with Crippen molar-refractivity contribution in [3.63, 3.8) is 0 Å². The zero-order valence-electron chi connectivity index (χ0n) is 11.2. The Morgan fingerprint density at radius 1 is 0.941 bits per heavy atom. The molecule has 1 heterocycles. The molecule has 1 aromatic heterocycles. The third-order valence-corrected chi connectivity index (χ3v) is 4.13. The first-order valence-corrected chi connectivity index (χ1v) is 7.38. The van der Waals surface area contributed by atoms with Crippen molar-refractivity contribution in [1.82, 2.24) is 10.2 Å². The van der Waals surface area contributed by atoms with E-state index in [0.29, 0.717) is 0 Å². The monoisotopic (exact) mass is 234 g/mol. The van der Waals surface area contributed by atoms with Crippen LogP contribution in [0.5, 0.6) is 0 Å². The number of nitrogens with one attached hydrogen (secondary N) is 1. The maximum atomic E-state index is 4.19. The Hall–Kier alpha value is -0.790. The van der Waals surface area contributed by atoms with Crippen molar-refractivity contribution in [1.29, 1.82) is 0 Å². The molecule has 1 saturated carbocycles. The van der Waals surface area contributed by atoms with Crippen LogP contribution in [-0.2, 0) is 0 Å². The molecule has 0 bridgehead atoms. The van der Waals surface area contributed by atoms with Gasteiger partial charge in [-0.2, -0.15) is 5.10 Å². The number of aryl methyl sites for hydroxylation is 1. The van der Waals surface area contributed by atoms with E-state index in [9.17, 15) is 0 Å². The van der Waals surface area contributed by atoms with Crippen molar-refractivity contribution >= 4 is 0 Å². The van der Waals surface area contributed by atoms with Crippen molar-refractivity contribution in [3.05, 3.63) is 17.5 Å². The standard InChI is InChI=1S/C15H26N2/c1-13-12-16-17-15(13)14-10-8-6-4-2-3-5-7-9-11-14/h12,14H,2-11H2,1H3,(H,16,17). The Morgan fingerprint density at radius 3 is 1.94 bits per heavy atom. The summed E-state index contributed by atoms with van der Waals surface area (Å²) in [4.78, 5) is 0. The van der Waals surface area contributed by atoms with Crippen LogP contribution >= 0.6 is 0 Å². The highest BCUT2D eigenvalue weighted by atomic mass is 15.1. The molecule has 0 radical (unpaired) electrons. The molecule has 2 nitrogen and oxygen atoms in total. The van der Waals surface area contributed by atoms with Gasteiger partial charge in [-0.1, -0.05) is 51.4 Å². The van der Waals surface area contributed by atoms with Crippen molar-refractivity contribution in [2.45, 2.75) is 77.0 Å². The van der Waals surface area contributed by atoms with Gasteiger partial charge in [0.15, 0.2) is 0 Å². The third kappa shape index (κ3) is 3.86. The maximum Gasteiger partial charge on any atom is 0.0519 e. The molecule has 0 saturated heterocycles. The lowest BCUT2D eigenvalue weighted by Crippen LogP contribution is -2.02. The van der Waals surface area contributed by atoms with E-state index >= 15 is 0 Å². The highest BCUT2D eigenvalue weighted by molar-refractivity contribution is 5.18. The minimum absolute atomic E-state index is 0.732. The second-order valence-corrected chi connectivity index (χ2v) is 5.57. The molecule has 0 spiro atoms. The number of hydrogen-bond acceptors (Lipinski definition) is 1. The van der Waals surface area contributed by atoms with Crippen LogP contribution in [0.1, 0.15) is 81.4 Å². The SMILES string of the molecule is Cc1cn[nH]c1C1CCCCCCCCCC1. The topological polar surface area (TPSA) is 28.7 Å². The maximum absolute atomic E-state index is 4.19. The lowest BCUT2D eigenvalue weighted by molar-refractivity contribution is 0.503. The van der Waals surface area contributed by atoms with Crippen molar-refractivity contribution < 1.29 is 0 Å². The van der Waals surface area contributed by atoms with Gasteiger partial charge in [-0.15, -0.1) is 0 Å². The van der Waals surface area contributed by atoms with Gasteiger partial charge in [-0.3, -0.25) is 5.10 Å². The first-order chi connectivity index (χ1) is 8.38. The van der Waals surface area contributed by atoms with Crippen LogP contribution in [0, 0.1) is 6.92 Å². The van der Waals surface area contributed by atoms with E-state index < -0.39 is 0 Å². The van der Waals surface area contributed by atoms with Gasteiger partial charge in [0.05, 0.1) is 6.20 Å². The second kappa shape index (κ2) is 6.83. The highest BCUT2D eigenvalue weighted by Gasteiger charge is 2.15. The molecule has 1 aromatic rings. The number of aromatic amines is 1. The van der Waals surface area contributed by atoms with Crippen LogP contribution in [0.3, 0.4) is 0 Å². The molecule has 0 amide bonds. The molecule has 1 N–H and O–H groups in total. The van der Waals surface area contributed by atoms with Gasteiger partial charge < -0.3 is 0 Å². The number of rotatable bonds is 1. The van der Waals surface area contributed by atoms with Crippen LogP contribution in [-0.4, -0.2) is 10.2 Å². The van der Waals surface area contributed by atoms with Gasteiger partial charge in [0.2, 0.25) is 0 Å². The fourth-order valence-corrected chi connectivity index (χ4v) is 3.04. The summed E-state index contributed by atoms with van der Waals surface area (Å²) >= 11 is 0. The minimum Gasteiger partial charge on any atom is -0.282 e. The van der Waals surface area contributed by atoms with Gasteiger partial charge >= 0.3 is 0 Å². The molecule has 1 fully saturated rings. The van der Waals surface area contributed by atoms with Crippen LogP contribution in [0.25, 0.3) is 0 Å². The van der Waals surface area contributed by atoms with Gasteiger partial charge in [0.25, 0.3) is 0 Å². The van der Waals surface area contributed by atoms with Gasteiger partial charge in [-0.25, -0.2) is 0 Å². The van der Waals surface area contributed by atoms with E-state index in [4.69, 9.17) is 0 Å². The molecule has 2 heteroatoms. The lowest BCUT2D eigenvalue weighted by atomic mass is 9.91. The molecular formula is C15H26N2. The molecule has 0 aliphatic heterocycles. The molecule has 2 rings (SSSR count). The van der Waals surface area contributed by atoms with E-state index in [2.05, 4.69) is 17.1 Å². The Balaban J connectivity index is 1.95. The summed E-state index contributed by atoms with van der Waals surface area (Å²) in [6, 6.07) is 0. The summed E-state index contributed by atoms with van der Waals surface area (Å²) in [6.07, 6.45) is 16.1. The Labute approximate surface area is 105 Å². The first kappa shape index (κ1) is 12.7. The van der Waals surface area contributed by atoms with E-state index in [1.165, 1.54) is 75.5 Å². The molecule has 1 aliphatic carbocycles. The van der Waals surface area contributed by atoms with Crippen molar-refractivity contribution in [2.24, 2.45) is 0 Å². The number of hydrogen-bond donors (Lipinski definition) is 1. The predicted molar refractivity (Wildman–Crippen MR) is 72.2 cm³/mol. The highest BCUT2D eigenvalue weighted by Crippen LogP contribution is 2.29. The van der Waals surface area contributed by atoms with Crippen LogP contribution in [0.15, 0.2) is 6.20 Å². The number of aromatic nitrogens is 2. The summed E-state index contributed by atoms with van der Waals surface area (Å²) in [7, 11) is 0. The smallest absolute Gasteiger partial charge is 0.0519 e. The molecule has 0 atom stereocenters. The Kier molecular flexibility index (Phi) is 5.08. The van der Waals surface area contributed by atoms with E-state index in [-0.39, 0.29) is 0 Å². The summed E-state index contributed by atoms with van der Waals surface area (Å²) in [5.41, 5.74) is 2.76. The van der Waals surface area contributed by atoms with Crippen molar-refractivity contribution in [3.8, 4) is 0 Å². The molecule has 1 aliphatic rings. The van der Waals surface area contributed by atoms with Gasteiger partial charge in [-0.05, 0) is 25.3 Å². The molecule has 96 valence electrons. The Bertz CT molecular complexity index is 304. The van der Waals surface area contributed by atoms with Gasteiger partial charge in [0.1, 0.15) is 0 Å². The zero-order valence-corrected chi connectivity index (χ0v) is 11.2. The fourth-order valence-electron chi connectivity index (χ4n) is 3.04. The number of nitrogens with zero attached hydrogens (tertiary/aromatic N) is 1. The molecule has 17 heavy (non-hydrogen) atoms. The van der Waals surface area contributed by atoms with E-state index in [1.807, 2.05) is 6.20 Å². The first-order valence-electron chi connectivity index (χ1n) is 7.38. The number of H-pyrrole nitrogens is 1. The Morgan fingerprint density at radius 2 is 1.47 bits per heavy atom. The molecule has 0 aromatic carbocycles. The van der Waals surface area contributed by atoms with Crippen LogP contribution < -0.4 is 0 Å². The third-order valence-electron chi connectivity index (χ3n) is 4.13. The van der Waals surface area contributed by atoms with Crippen LogP contribution in [0.2, 0.25) is 0 Å². The predicted octanol–water partition coefficient (Wildman–Crippen LogP) is 4.72. The quantitative estimate of drug-likeness (QED) is 0.748. The zero-order chi connectivity index (χ0) is 11.9. The van der Waals surface area contributed by atoms with Crippen LogP contribution in [0.4, 0.5) is 0 Å². The van der Waals surface area contributed by atoms with Crippen molar-refractivity contribution in [2.75, 3.05) is 0 Å². The molecule has 0 unspecified atom stereocenters. The lowest BCUT2D eigenvalue weighted by Gasteiger charge is -2.15. The summed E-state index contributed by atoms with van der Waals surface area (Å²) in [5.74, 6) is 0.732. The van der Waals surface area contributed by atoms with E-state index in [1.54, 1.807) is 0 Å². The average Bonchev–Trinajstić information content (AvgIpc) is 2.72. The fraction of sp³-hybridized carbons (Fsp3) is 0.800.